The van der Waals surface area contributed by atoms with Gasteiger partial charge in [-0.05, 0) is 36.6 Å². The summed E-state index contributed by atoms with van der Waals surface area (Å²) in [6, 6.07) is 7.44. The lowest BCUT2D eigenvalue weighted by molar-refractivity contribution is -0.131. The fourth-order valence-corrected chi connectivity index (χ4v) is 1.51. The van der Waals surface area contributed by atoms with E-state index in [0.29, 0.717) is 0 Å². The van der Waals surface area contributed by atoms with Gasteiger partial charge < -0.3 is 9.84 Å². The van der Waals surface area contributed by atoms with Crippen molar-refractivity contribution in [1.29, 1.82) is 0 Å². The van der Waals surface area contributed by atoms with E-state index < -0.39 is 5.97 Å². The van der Waals surface area contributed by atoms with Crippen LogP contribution in [0.4, 0.5) is 0 Å². The first-order chi connectivity index (χ1) is 8.15. The van der Waals surface area contributed by atoms with E-state index in [9.17, 15) is 4.79 Å². The molecule has 0 fully saturated rings. The third kappa shape index (κ3) is 4.72. The Morgan fingerprint density at radius 2 is 2.12 bits per heavy atom. The second kappa shape index (κ2) is 6.74. The quantitative estimate of drug-likeness (QED) is 0.768. The Morgan fingerprint density at radius 1 is 1.41 bits per heavy atom. The lowest BCUT2D eigenvalue weighted by atomic mass is 10.2. The second-order valence-corrected chi connectivity index (χ2v) is 3.80. The maximum Gasteiger partial charge on any atom is 0.328 e. The first-order valence-electron chi connectivity index (χ1n) is 5.83. The average Bonchev–Trinajstić information content (AvgIpc) is 2.34. The minimum atomic E-state index is -0.948. The molecular formula is C14H18O3. The summed E-state index contributed by atoms with van der Waals surface area (Å²) in [5.74, 6) is -0.164. The van der Waals surface area contributed by atoms with Gasteiger partial charge in [-0.25, -0.2) is 4.79 Å². The molecule has 0 aliphatic rings. The van der Waals surface area contributed by atoms with E-state index in [1.165, 1.54) is 0 Å². The molecule has 0 aromatic heterocycles. The van der Waals surface area contributed by atoms with Crippen molar-refractivity contribution in [2.24, 2.45) is 0 Å². The maximum absolute atomic E-state index is 10.4. The predicted octanol–water partition coefficient (Wildman–Crippen LogP) is 3.35. The third-order valence-corrected chi connectivity index (χ3v) is 2.49. The zero-order chi connectivity index (χ0) is 12.7. The van der Waals surface area contributed by atoms with Crippen LogP contribution in [0.25, 0.3) is 6.08 Å². The largest absolute Gasteiger partial charge is 0.490 e. The molecule has 0 unspecified atom stereocenters. The van der Waals surface area contributed by atoms with Gasteiger partial charge in [0.25, 0.3) is 0 Å². The number of rotatable bonds is 6. The Hall–Kier alpha value is -1.77. The Labute approximate surface area is 102 Å². The van der Waals surface area contributed by atoms with E-state index in [0.717, 1.165) is 30.2 Å². The van der Waals surface area contributed by atoms with Gasteiger partial charge in [0.1, 0.15) is 5.75 Å². The molecule has 92 valence electrons. The lowest BCUT2D eigenvalue weighted by Crippen LogP contribution is -2.13. The highest BCUT2D eigenvalue weighted by Gasteiger charge is 2.04. The zero-order valence-electron chi connectivity index (χ0n) is 10.2. The van der Waals surface area contributed by atoms with Gasteiger partial charge in [-0.1, -0.05) is 26.0 Å². The topological polar surface area (TPSA) is 46.5 Å². The third-order valence-electron chi connectivity index (χ3n) is 2.49. The molecule has 3 heteroatoms. The lowest BCUT2D eigenvalue weighted by Gasteiger charge is -2.15. The Kier molecular flexibility index (Phi) is 5.27. The van der Waals surface area contributed by atoms with Crippen LogP contribution in [0.5, 0.6) is 5.75 Å². The average molecular weight is 234 g/mol. The summed E-state index contributed by atoms with van der Waals surface area (Å²) < 4.78 is 5.78. The molecule has 3 nitrogen and oxygen atoms in total. The first kappa shape index (κ1) is 13.3. The van der Waals surface area contributed by atoms with Gasteiger partial charge in [-0.3, -0.25) is 0 Å². The maximum atomic E-state index is 10.4. The number of hydrogen-bond donors (Lipinski definition) is 1. The van der Waals surface area contributed by atoms with E-state index in [2.05, 4.69) is 13.8 Å². The van der Waals surface area contributed by atoms with Crippen molar-refractivity contribution in [2.45, 2.75) is 32.8 Å². The molecule has 1 N–H and O–H groups in total. The van der Waals surface area contributed by atoms with Crippen molar-refractivity contribution in [3.63, 3.8) is 0 Å². The Bertz CT molecular complexity index is 392. The normalized spacial score (nSPS) is 11.0. The van der Waals surface area contributed by atoms with Gasteiger partial charge in [0.05, 0.1) is 6.10 Å². The fourth-order valence-electron chi connectivity index (χ4n) is 1.51. The number of benzene rings is 1. The highest BCUT2D eigenvalue weighted by Crippen LogP contribution is 2.17. The van der Waals surface area contributed by atoms with Crippen LogP contribution < -0.4 is 4.74 Å². The van der Waals surface area contributed by atoms with Crippen LogP contribution in [-0.2, 0) is 4.79 Å². The zero-order valence-corrected chi connectivity index (χ0v) is 10.2. The second-order valence-electron chi connectivity index (χ2n) is 3.80. The number of aliphatic carboxylic acids is 1. The number of carboxylic acid groups (broad SMARTS) is 1. The summed E-state index contributed by atoms with van der Waals surface area (Å²) in [5.41, 5.74) is 0.829. The summed E-state index contributed by atoms with van der Waals surface area (Å²) >= 11 is 0. The van der Waals surface area contributed by atoms with Crippen molar-refractivity contribution in [2.75, 3.05) is 0 Å². The molecule has 0 radical (unpaired) electrons. The van der Waals surface area contributed by atoms with Crippen LogP contribution in [-0.4, -0.2) is 17.2 Å². The molecule has 17 heavy (non-hydrogen) atoms. The van der Waals surface area contributed by atoms with Crippen molar-refractivity contribution in [1.82, 2.24) is 0 Å². The number of ether oxygens (including phenoxy) is 1. The van der Waals surface area contributed by atoms with Gasteiger partial charge in [0.2, 0.25) is 0 Å². The smallest absolute Gasteiger partial charge is 0.328 e. The molecule has 1 aromatic carbocycles. The van der Waals surface area contributed by atoms with E-state index >= 15 is 0 Å². The van der Waals surface area contributed by atoms with Crippen molar-refractivity contribution < 1.29 is 14.6 Å². The molecule has 0 spiro atoms. The molecule has 0 heterocycles. The Morgan fingerprint density at radius 3 is 2.71 bits per heavy atom. The van der Waals surface area contributed by atoms with Gasteiger partial charge in [0, 0.05) is 6.08 Å². The number of carbonyl (C=O) groups is 1. The molecule has 1 aromatic rings. The minimum Gasteiger partial charge on any atom is -0.490 e. The Balaban J connectivity index is 2.75. The van der Waals surface area contributed by atoms with Crippen LogP contribution in [0.15, 0.2) is 30.3 Å². The molecular weight excluding hydrogens is 216 g/mol. The summed E-state index contributed by atoms with van der Waals surface area (Å²) in [7, 11) is 0. The highest BCUT2D eigenvalue weighted by molar-refractivity contribution is 5.85. The van der Waals surface area contributed by atoms with Gasteiger partial charge in [-0.15, -0.1) is 0 Å². The van der Waals surface area contributed by atoms with Crippen LogP contribution in [0.1, 0.15) is 32.3 Å². The van der Waals surface area contributed by atoms with E-state index in [1.807, 2.05) is 24.3 Å². The molecule has 0 atom stereocenters. The SMILES string of the molecule is CCC(CC)Oc1cccc(C=CC(=O)O)c1. The van der Waals surface area contributed by atoms with Gasteiger partial charge in [-0.2, -0.15) is 0 Å². The molecule has 1 rings (SSSR count). The molecule has 0 saturated heterocycles. The van der Waals surface area contributed by atoms with Crippen molar-refractivity contribution in [3.05, 3.63) is 35.9 Å². The van der Waals surface area contributed by atoms with Crippen LogP contribution in [0, 0.1) is 0 Å². The number of hydrogen-bond acceptors (Lipinski definition) is 2. The molecule has 0 saturated carbocycles. The summed E-state index contributed by atoms with van der Waals surface area (Å²) in [5, 5.41) is 8.55. The van der Waals surface area contributed by atoms with Crippen LogP contribution in [0.3, 0.4) is 0 Å². The van der Waals surface area contributed by atoms with E-state index in [4.69, 9.17) is 9.84 Å². The monoisotopic (exact) mass is 234 g/mol. The standard InChI is InChI=1S/C14H18O3/c1-3-12(4-2)17-13-7-5-6-11(10-13)8-9-14(15)16/h5-10,12H,3-4H2,1-2H3,(H,15,16). The van der Waals surface area contributed by atoms with Gasteiger partial charge in [0.15, 0.2) is 0 Å². The van der Waals surface area contributed by atoms with Crippen molar-refractivity contribution in [3.8, 4) is 5.75 Å². The predicted molar refractivity (Wildman–Crippen MR) is 68.1 cm³/mol. The fraction of sp³-hybridized carbons (Fsp3) is 0.357. The molecule has 0 bridgehead atoms. The summed E-state index contributed by atoms with van der Waals surface area (Å²) in [4.78, 5) is 10.4. The van der Waals surface area contributed by atoms with E-state index in [1.54, 1.807) is 6.08 Å². The first-order valence-corrected chi connectivity index (χ1v) is 5.83. The van der Waals surface area contributed by atoms with Crippen LogP contribution in [0.2, 0.25) is 0 Å². The minimum absolute atomic E-state index is 0.216. The number of carboxylic acids is 1. The van der Waals surface area contributed by atoms with Gasteiger partial charge >= 0.3 is 5.97 Å². The van der Waals surface area contributed by atoms with Crippen LogP contribution >= 0.6 is 0 Å². The molecule has 0 amide bonds. The molecule has 0 aliphatic carbocycles. The van der Waals surface area contributed by atoms with Crippen molar-refractivity contribution >= 4 is 12.0 Å². The summed E-state index contributed by atoms with van der Waals surface area (Å²) in [6.07, 6.45) is 4.82. The summed E-state index contributed by atoms with van der Waals surface area (Å²) in [6.45, 7) is 4.17. The molecule has 0 aliphatic heterocycles. The highest BCUT2D eigenvalue weighted by atomic mass is 16.5. The van der Waals surface area contributed by atoms with E-state index in [-0.39, 0.29) is 6.10 Å².